The lowest BCUT2D eigenvalue weighted by Gasteiger charge is -2.15. The lowest BCUT2D eigenvalue weighted by atomic mass is 10.1. The maximum atomic E-state index is 6.00. The predicted molar refractivity (Wildman–Crippen MR) is 102 cm³/mol. The average Bonchev–Trinajstić information content (AvgIpc) is 2.83. The van der Waals surface area contributed by atoms with Gasteiger partial charge in [-0.2, -0.15) is 0 Å². The number of thiazole rings is 1. The summed E-state index contributed by atoms with van der Waals surface area (Å²) in [7, 11) is 0. The Morgan fingerprint density at radius 2 is 2.08 bits per heavy atom. The number of hydrogen-bond donors (Lipinski definition) is 2. The highest BCUT2D eigenvalue weighted by Crippen LogP contribution is 2.19. The summed E-state index contributed by atoms with van der Waals surface area (Å²) >= 11 is 1.76. The molecule has 1 aliphatic rings. The van der Waals surface area contributed by atoms with Crippen LogP contribution in [0.2, 0.25) is 0 Å². The van der Waals surface area contributed by atoms with Crippen molar-refractivity contribution in [3.63, 3.8) is 0 Å². The van der Waals surface area contributed by atoms with E-state index in [-0.39, 0.29) is 0 Å². The van der Waals surface area contributed by atoms with Crippen LogP contribution in [0.25, 0.3) is 0 Å². The normalized spacial score (nSPS) is 16.8. The Bertz CT molecular complexity index is 481. The Morgan fingerprint density at radius 3 is 2.75 bits per heavy atom. The molecular formula is C18H32N4OS. The lowest BCUT2D eigenvalue weighted by Crippen LogP contribution is -2.38. The molecule has 0 aromatic carbocycles. The van der Waals surface area contributed by atoms with Crippen LogP contribution in [-0.4, -0.2) is 43.3 Å². The maximum absolute atomic E-state index is 6.00. The van der Waals surface area contributed by atoms with Crippen LogP contribution in [0.15, 0.2) is 11.2 Å². The SMILES string of the molecule is CCNC(=NCCOC1CCCCCC1)NCCc1ncc(C)s1. The van der Waals surface area contributed by atoms with E-state index in [4.69, 9.17) is 4.74 Å². The molecule has 1 aromatic rings. The molecule has 0 atom stereocenters. The van der Waals surface area contributed by atoms with E-state index in [1.165, 1.54) is 48.4 Å². The quantitative estimate of drug-likeness (QED) is 0.326. The minimum Gasteiger partial charge on any atom is -0.376 e. The van der Waals surface area contributed by atoms with Gasteiger partial charge in [0.25, 0.3) is 0 Å². The first-order chi connectivity index (χ1) is 11.8. The Hall–Kier alpha value is -1.14. The topological polar surface area (TPSA) is 58.5 Å². The largest absolute Gasteiger partial charge is 0.376 e. The van der Waals surface area contributed by atoms with Crippen LogP contribution >= 0.6 is 11.3 Å². The van der Waals surface area contributed by atoms with Gasteiger partial charge in [0.2, 0.25) is 0 Å². The third kappa shape index (κ3) is 7.62. The molecule has 0 saturated heterocycles. The molecule has 0 bridgehead atoms. The molecule has 2 rings (SSSR count). The van der Waals surface area contributed by atoms with Gasteiger partial charge in [0.15, 0.2) is 5.96 Å². The van der Waals surface area contributed by atoms with Crippen molar-refractivity contribution < 1.29 is 4.74 Å². The molecule has 0 unspecified atom stereocenters. The van der Waals surface area contributed by atoms with Crippen LogP contribution in [0, 0.1) is 6.92 Å². The molecule has 1 fully saturated rings. The van der Waals surface area contributed by atoms with Gasteiger partial charge in [-0.25, -0.2) is 4.98 Å². The maximum Gasteiger partial charge on any atom is 0.191 e. The van der Waals surface area contributed by atoms with E-state index in [0.29, 0.717) is 19.3 Å². The second-order valence-electron chi connectivity index (χ2n) is 6.29. The van der Waals surface area contributed by atoms with Gasteiger partial charge in [-0.15, -0.1) is 11.3 Å². The molecule has 1 heterocycles. The molecule has 0 amide bonds. The van der Waals surface area contributed by atoms with E-state index in [9.17, 15) is 0 Å². The molecule has 0 radical (unpaired) electrons. The number of rotatable bonds is 8. The first kappa shape index (κ1) is 19.2. The number of aromatic nitrogens is 1. The van der Waals surface area contributed by atoms with Gasteiger partial charge < -0.3 is 15.4 Å². The summed E-state index contributed by atoms with van der Waals surface area (Å²) in [6.07, 6.45) is 11.1. The molecule has 1 aliphatic carbocycles. The van der Waals surface area contributed by atoms with Gasteiger partial charge in [0.05, 0.1) is 24.3 Å². The first-order valence-corrected chi connectivity index (χ1v) is 10.1. The van der Waals surface area contributed by atoms with Crippen molar-refractivity contribution >= 4 is 17.3 Å². The monoisotopic (exact) mass is 352 g/mol. The average molecular weight is 353 g/mol. The van der Waals surface area contributed by atoms with E-state index in [0.717, 1.165) is 25.5 Å². The van der Waals surface area contributed by atoms with Crippen molar-refractivity contribution in [3.8, 4) is 0 Å². The number of nitrogens with zero attached hydrogens (tertiary/aromatic N) is 2. The molecule has 2 N–H and O–H groups in total. The van der Waals surface area contributed by atoms with Crippen LogP contribution in [0.3, 0.4) is 0 Å². The Balaban J connectivity index is 1.65. The molecule has 136 valence electrons. The lowest BCUT2D eigenvalue weighted by molar-refractivity contribution is 0.0487. The predicted octanol–water partition coefficient (Wildman–Crippen LogP) is 3.29. The summed E-state index contributed by atoms with van der Waals surface area (Å²) in [4.78, 5) is 10.3. The highest BCUT2D eigenvalue weighted by atomic mass is 32.1. The minimum absolute atomic E-state index is 0.450. The van der Waals surface area contributed by atoms with E-state index < -0.39 is 0 Å². The molecule has 0 aliphatic heterocycles. The smallest absolute Gasteiger partial charge is 0.191 e. The van der Waals surface area contributed by atoms with Crippen LogP contribution in [0.4, 0.5) is 0 Å². The Kier molecular flexibility index (Phi) is 9.13. The Morgan fingerprint density at radius 1 is 1.29 bits per heavy atom. The number of nitrogens with one attached hydrogen (secondary N) is 2. The second-order valence-corrected chi connectivity index (χ2v) is 7.61. The van der Waals surface area contributed by atoms with Gasteiger partial charge >= 0.3 is 0 Å². The van der Waals surface area contributed by atoms with Gasteiger partial charge in [-0.3, -0.25) is 4.99 Å². The van der Waals surface area contributed by atoms with E-state index >= 15 is 0 Å². The van der Waals surface area contributed by atoms with Crippen LogP contribution in [0.1, 0.15) is 55.3 Å². The molecule has 5 nitrogen and oxygen atoms in total. The molecular weight excluding hydrogens is 320 g/mol. The molecule has 1 saturated carbocycles. The number of hydrogen-bond acceptors (Lipinski definition) is 4. The fourth-order valence-electron chi connectivity index (χ4n) is 2.93. The first-order valence-electron chi connectivity index (χ1n) is 9.33. The third-order valence-corrected chi connectivity index (χ3v) is 5.13. The second kappa shape index (κ2) is 11.4. The fraction of sp³-hybridized carbons (Fsp3) is 0.778. The van der Waals surface area contributed by atoms with Gasteiger partial charge in [0.1, 0.15) is 0 Å². The van der Waals surface area contributed by atoms with Gasteiger partial charge in [0, 0.05) is 30.6 Å². The zero-order valence-corrected chi connectivity index (χ0v) is 16.0. The summed E-state index contributed by atoms with van der Waals surface area (Å²) in [6, 6.07) is 0. The van der Waals surface area contributed by atoms with E-state index in [1.807, 2.05) is 6.20 Å². The molecule has 24 heavy (non-hydrogen) atoms. The van der Waals surface area contributed by atoms with Crippen molar-refractivity contribution in [2.45, 2.75) is 64.9 Å². The van der Waals surface area contributed by atoms with E-state index in [2.05, 4.69) is 34.5 Å². The Labute approximate surface area is 150 Å². The van der Waals surface area contributed by atoms with Crippen LogP contribution in [-0.2, 0) is 11.2 Å². The van der Waals surface area contributed by atoms with Gasteiger partial charge in [-0.05, 0) is 26.7 Å². The van der Waals surface area contributed by atoms with Gasteiger partial charge in [-0.1, -0.05) is 25.7 Å². The fourth-order valence-corrected chi connectivity index (χ4v) is 3.72. The zero-order chi connectivity index (χ0) is 17.0. The highest BCUT2D eigenvalue weighted by Gasteiger charge is 2.11. The van der Waals surface area contributed by atoms with Crippen LogP contribution in [0.5, 0.6) is 0 Å². The summed E-state index contributed by atoms with van der Waals surface area (Å²) in [6.45, 7) is 7.32. The highest BCUT2D eigenvalue weighted by molar-refractivity contribution is 7.11. The summed E-state index contributed by atoms with van der Waals surface area (Å²) in [5.74, 6) is 0.871. The van der Waals surface area contributed by atoms with E-state index in [1.54, 1.807) is 11.3 Å². The number of ether oxygens (including phenoxy) is 1. The number of aryl methyl sites for hydroxylation is 1. The van der Waals surface area contributed by atoms with Crippen molar-refractivity contribution in [1.29, 1.82) is 0 Å². The van der Waals surface area contributed by atoms with Crippen molar-refractivity contribution in [2.24, 2.45) is 4.99 Å². The summed E-state index contributed by atoms with van der Waals surface area (Å²) in [5, 5.41) is 7.84. The summed E-state index contributed by atoms with van der Waals surface area (Å²) < 4.78 is 6.00. The standard InChI is InChI=1S/C18H32N4OS/c1-3-19-18(20-11-10-17-22-14-15(2)24-17)21-12-13-23-16-8-6-4-5-7-9-16/h14,16H,3-13H2,1-2H3,(H2,19,20,21). The van der Waals surface area contributed by atoms with Crippen LogP contribution < -0.4 is 10.6 Å². The number of guanidine groups is 1. The van der Waals surface area contributed by atoms with Crippen molar-refractivity contribution in [1.82, 2.24) is 15.6 Å². The third-order valence-electron chi connectivity index (χ3n) is 4.16. The van der Waals surface area contributed by atoms with Crippen molar-refractivity contribution in [2.75, 3.05) is 26.2 Å². The summed E-state index contributed by atoms with van der Waals surface area (Å²) in [5.41, 5.74) is 0. The molecule has 1 aromatic heterocycles. The minimum atomic E-state index is 0.450. The zero-order valence-electron chi connectivity index (χ0n) is 15.1. The molecule has 0 spiro atoms. The molecule has 6 heteroatoms. The van der Waals surface area contributed by atoms with Crippen molar-refractivity contribution in [3.05, 3.63) is 16.1 Å². The number of aliphatic imine (C=N–C) groups is 1.